The van der Waals surface area contributed by atoms with Crippen molar-refractivity contribution in [1.29, 1.82) is 0 Å². The minimum Gasteiger partial charge on any atom is -0.480 e. The Bertz CT molecular complexity index is 1020. The van der Waals surface area contributed by atoms with Gasteiger partial charge in [0, 0.05) is 6.54 Å². The van der Waals surface area contributed by atoms with Crippen LogP contribution in [0.5, 0.6) is 0 Å². The van der Waals surface area contributed by atoms with Gasteiger partial charge in [-0.1, -0.05) is 27.7 Å². The van der Waals surface area contributed by atoms with Gasteiger partial charge in [-0.25, -0.2) is 9.59 Å². The molecular formula is C30H54N4O14. The Balaban J connectivity index is 0. The highest BCUT2D eigenvalue weighted by Crippen LogP contribution is 2.12. The number of Topliss-reactive ketones (excluding diaryl/α,β-unsaturated/α-hetero) is 1. The summed E-state index contributed by atoms with van der Waals surface area (Å²) in [5, 5.41) is 66.4. The molecule has 0 aromatic carbocycles. The summed E-state index contributed by atoms with van der Waals surface area (Å²) >= 11 is 0. The number of ketones is 1. The number of aliphatic hydroxyl groups excluding tert-OH is 1. The van der Waals surface area contributed by atoms with Crippen LogP contribution >= 0.6 is 0 Å². The average Bonchev–Trinajstić information content (AvgIpc) is 3.70. The summed E-state index contributed by atoms with van der Waals surface area (Å²) in [6.07, 6.45) is 2.80. The molecule has 0 radical (unpaired) electrons. The number of hydrogen-bond acceptors (Lipinski definition) is 12. The smallest absolute Gasteiger partial charge is 0.373 e. The third kappa shape index (κ3) is 21.2. The van der Waals surface area contributed by atoms with Gasteiger partial charge in [0.25, 0.3) is 5.78 Å². The van der Waals surface area contributed by atoms with Gasteiger partial charge in [-0.3, -0.25) is 33.8 Å². The van der Waals surface area contributed by atoms with E-state index in [1.54, 1.807) is 0 Å². The van der Waals surface area contributed by atoms with Crippen LogP contribution in [0.1, 0.15) is 66.2 Å². The van der Waals surface area contributed by atoms with E-state index in [4.69, 9.17) is 35.7 Å². The monoisotopic (exact) mass is 694 g/mol. The molecule has 2 aliphatic rings. The molecule has 18 heteroatoms. The summed E-state index contributed by atoms with van der Waals surface area (Å²) in [5.74, 6) is -7.04. The van der Waals surface area contributed by atoms with Gasteiger partial charge in [-0.15, -0.1) is 0 Å². The zero-order valence-electron chi connectivity index (χ0n) is 28.5. The molecule has 0 amide bonds. The van der Waals surface area contributed by atoms with Gasteiger partial charge in [0.05, 0.1) is 6.54 Å². The maximum Gasteiger partial charge on any atom is 0.373 e. The lowest BCUT2D eigenvalue weighted by Crippen LogP contribution is -2.45. The second-order valence-electron chi connectivity index (χ2n) is 12.4. The zero-order valence-corrected chi connectivity index (χ0v) is 28.5. The van der Waals surface area contributed by atoms with Crippen LogP contribution in [-0.4, -0.2) is 158 Å². The summed E-state index contributed by atoms with van der Waals surface area (Å²) < 4.78 is 0. The van der Waals surface area contributed by atoms with Gasteiger partial charge in [0.2, 0.25) is 0 Å². The third-order valence-electron chi connectivity index (χ3n) is 7.12. The first-order valence-corrected chi connectivity index (χ1v) is 15.6. The van der Waals surface area contributed by atoms with E-state index in [0.717, 1.165) is 38.8 Å². The quantitative estimate of drug-likeness (QED) is 0.0927. The van der Waals surface area contributed by atoms with Crippen molar-refractivity contribution < 1.29 is 69.3 Å². The number of carboxylic acid groups (broad SMARTS) is 6. The van der Waals surface area contributed by atoms with Crippen molar-refractivity contribution in [2.24, 2.45) is 11.8 Å². The van der Waals surface area contributed by atoms with Gasteiger partial charge >= 0.3 is 35.8 Å². The molecule has 2 heterocycles. The van der Waals surface area contributed by atoms with Crippen LogP contribution in [0.3, 0.4) is 0 Å². The fourth-order valence-electron chi connectivity index (χ4n) is 4.50. The van der Waals surface area contributed by atoms with E-state index in [9.17, 15) is 33.6 Å². The molecule has 48 heavy (non-hydrogen) atoms. The van der Waals surface area contributed by atoms with Crippen molar-refractivity contribution in [3.63, 3.8) is 0 Å². The van der Waals surface area contributed by atoms with Crippen molar-refractivity contribution in [3.05, 3.63) is 0 Å². The highest BCUT2D eigenvalue weighted by Gasteiger charge is 2.28. The van der Waals surface area contributed by atoms with Crippen LogP contribution in [0.4, 0.5) is 0 Å². The summed E-state index contributed by atoms with van der Waals surface area (Å²) in [7, 11) is 2.93. The van der Waals surface area contributed by atoms with E-state index in [0.29, 0.717) is 12.8 Å². The standard InChI is InChI=1S/C10H19NO5.C10H17NO5.2C5H9NO2/c2*1-6(2)4-7(9(13)14)11(3)5-8(12)10(15)16;2*7-5(8)4-2-1-3-6-4/h6-8,12H,4-5H2,1-3H3,(H,13,14)(H,15,16);6-7H,4-5H2,1-3H3,(H,13,14)(H,15,16);2*4,6H,1-3H2,(H,7,8)/t7-,8?;7-;2*4-/m0000/s1. The Labute approximate surface area is 280 Å². The Morgan fingerprint density at radius 3 is 1.25 bits per heavy atom. The van der Waals surface area contributed by atoms with Gasteiger partial charge in [-0.2, -0.15) is 0 Å². The lowest BCUT2D eigenvalue weighted by molar-refractivity contribution is -0.151. The Morgan fingerprint density at radius 2 is 1.02 bits per heavy atom. The Hall–Kier alpha value is -3.71. The number of nitrogens with zero attached hydrogens (tertiary/aromatic N) is 2. The van der Waals surface area contributed by atoms with E-state index < -0.39 is 59.8 Å². The molecule has 2 saturated heterocycles. The molecule has 0 bridgehead atoms. The summed E-state index contributed by atoms with van der Waals surface area (Å²) in [5.41, 5.74) is 0. The van der Waals surface area contributed by atoms with Crippen molar-refractivity contribution in [3.8, 4) is 0 Å². The molecule has 0 aliphatic carbocycles. The van der Waals surface area contributed by atoms with E-state index in [-0.39, 0.29) is 37.0 Å². The summed E-state index contributed by atoms with van der Waals surface area (Å²) in [4.78, 5) is 76.4. The summed E-state index contributed by atoms with van der Waals surface area (Å²) in [6, 6.07) is -2.14. The van der Waals surface area contributed by atoms with Gasteiger partial charge in [-0.05, 0) is 77.5 Å². The van der Waals surface area contributed by atoms with Crippen LogP contribution in [0.2, 0.25) is 0 Å². The SMILES string of the molecule is CC(C)C[C@@H](C(=O)O)N(C)CC(=O)C(=O)O.CC(C)C[C@@H](C(=O)O)N(C)CC(O)C(=O)O.O=C(O)[C@@H]1CCCN1.O=C(O)[C@@H]1CCCN1. The molecule has 0 aromatic heterocycles. The second kappa shape index (κ2) is 24.4. The number of carbonyl (C=O) groups is 7. The number of aliphatic hydroxyl groups is 1. The molecule has 278 valence electrons. The van der Waals surface area contributed by atoms with Crippen molar-refractivity contribution in [2.75, 3.05) is 40.3 Å². The number of rotatable bonds is 16. The van der Waals surface area contributed by atoms with Gasteiger partial charge in [0.1, 0.15) is 24.2 Å². The Kier molecular flexibility index (Phi) is 23.6. The number of aliphatic carboxylic acids is 6. The van der Waals surface area contributed by atoms with Gasteiger partial charge < -0.3 is 46.4 Å². The van der Waals surface area contributed by atoms with Crippen LogP contribution in [0, 0.1) is 11.8 Å². The minimum atomic E-state index is -1.56. The lowest BCUT2D eigenvalue weighted by Gasteiger charge is -2.26. The van der Waals surface area contributed by atoms with Crippen molar-refractivity contribution in [2.45, 2.75) is 96.5 Å². The minimum absolute atomic E-state index is 0.156. The van der Waals surface area contributed by atoms with E-state index in [2.05, 4.69) is 10.6 Å². The number of carboxylic acids is 6. The van der Waals surface area contributed by atoms with Crippen molar-refractivity contribution in [1.82, 2.24) is 20.4 Å². The van der Waals surface area contributed by atoms with E-state index in [1.165, 1.54) is 23.9 Å². The van der Waals surface area contributed by atoms with Crippen LogP contribution in [0.15, 0.2) is 0 Å². The number of likely N-dealkylation sites (N-methyl/N-ethyl adjacent to an activating group) is 2. The van der Waals surface area contributed by atoms with Crippen LogP contribution < -0.4 is 10.6 Å². The lowest BCUT2D eigenvalue weighted by atomic mass is 10.0. The molecule has 2 fully saturated rings. The first-order chi connectivity index (χ1) is 22.1. The first-order valence-electron chi connectivity index (χ1n) is 15.6. The number of hydrogen-bond donors (Lipinski definition) is 9. The molecule has 0 aromatic rings. The maximum atomic E-state index is 11.0. The summed E-state index contributed by atoms with van der Waals surface area (Å²) in [6.45, 7) is 8.63. The normalized spacial score (nSPS) is 18.7. The Morgan fingerprint density at radius 1 is 0.646 bits per heavy atom. The van der Waals surface area contributed by atoms with Crippen LogP contribution in [-0.2, 0) is 33.6 Å². The predicted octanol–water partition coefficient (Wildman–Crippen LogP) is -0.420. The fraction of sp³-hybridized carbons (Fsp3) is 0.767. The molecule has 9 N–H and O–H groups in total. The second-order valence-corrected chi connectivity index (χ2v) is 12.4. The van der Waals surface area contributed by atoms with E-state index >= 15 is 0 Å². The van der Waals surface area contributed by atoms with Crippen LogP contribution in [0.25, 0.3) is 0 Å². The highest BCUT2D eigenvalue weighted by atomic mass is 16.4. The average molecular weight is 695 g/mol. The molecular weight excluding hydrogens is 640 g/mol. The van der Waals surface area contributed by atoms with Gasteiger partial charge in [0.15, 0.2) is 6.10 Å². The highest BCUT2D eigenvalue weighted by molar-refractivity contribution is 6.33. The molecule has 0 spiro atoms. The first kappa shape index (κ1) is 46.4. The number of nitrogens with one attached hydrogen (secondary N) is 2. The molecule has 0 saturated carbocycles. The molecule has 18 nitrogen and oxygen atoms in total. The van der Waals surface area contributed by atoms with E-state index in [1.807, 2.05) is 27.7 Å². The fourth-order valence-corrected chi connectivity index (χ4v) is 4.50. The number of carbonyl (C=O) groups excluding carboxylic acids is 1. The zero-order chi connectivity index (χ0) is 37.7. The topological polar surface area (TPSA) is 292 Å². The van der Waals surface area contributed by atoms with Crippen molar-refractivity contribution >= 4 is 41.6 Å². The molecule has 2 rings (SSSR count). The predicted molar refractivity (Wildman–Crippen MR) is 171 cm³/mol. The largest absolute Gasteiger partial charge is 0.480 e. The maximum absolute atomic E-state index is 11.0. The molecule has 1 unspecified atom stereocenters. The third-order valence-corrected chi connectivity index (χ3v) is 7.12. The molecule has 5 atom stereocenters. The molecule has 2 aliphatic heterocycles.